The number of nitrogens with zero attached hydrogens (tertiary/aromatic N) is 1. The van der Waals surface area contributed by atoms with Gasteiger partial charge in [0.15, 0.2) is 6.29 Å². The molecule has 0 heterocycles. The van der Waals surface area contributed by atoms with Gasteiger partial charge >= 0.3 is 0 Å². The second-order valence-electron chi connectivity index (χ2n) is 5.26. The predicted molar refractivity (Wildman–Crippen MR) is 97.8 cm³/mol. The van der Waals surface area contributed by atoms with Crippen LogP contribution >= 0.6 is 15.9 Å². The van der Waals surface area contributed by atoms with Gasteiger partial charge in [0.25, 0.3) is 0 Å². The van der Waals surface area contributed by atoms with E-state index >= 15 is 0 Å². The molecule has 0 aromatic heterocycles. The zero-order chi connectivity index (χ0) is 18.4. The summed E-state index contributed by atoms with van der Waals surface area (Å²) in [6, 6.07) is 11.3. The van der Waals surface area contributed by atoms with Crippen molar-refractivity contribution in [3.63, 3.8) is 0 Å². The van der Waals surface area contributed by atoms with Crippen molar-refractivity contribution in [1.82, 2.24) is 4.31 Å². The second kappa shape index (κ2) is 8.46. The maximum absolute atomic E-state index is 12.0. The molecule has 8 heteroatoms. The van der Waals surface area contributed by atoms with Crippen molar-refractivity contribution in [2.75, 3.05) is 27.3 Å². The summed E-state index contributed by atoms with van der Waals surface area (Å²) in [6.45, 7) is 0.508. The van der Waals surface area contributed by atoms with E-state index in [1.54, 1.807) is 30.3 Å². The van der Waals surface area contributed by atoms with Crippen LogP contribution in [0.5, 0.6) is 11.5 Å². The van der Waals surface area contributed by atoms with Crippen molar-refractivity contribution >= 4 is 32.2 Å². The molecule has 0 aliphatic rings. The Morgan fingerprint density at radius 1 is 1.04 bits per heavy atom. The van der Waals surface area contributed by atoms with Crippen LogP contribution in [0.1, 0.15) is 10.4 Å². The first kappa shape index (κ1) is 19.4. The number of aldehydes is 1. The van der Waals surface area contributed by atoms with Crippen LogP contribution < -0.4 is 9.47 Å². The van der Waals surface area contributed by atoms with Crippen LogP contribution in [-0.2, 0) is 10.0 Å². The van der Waals surface area contributed by atoms with Crippen molar-refractivity contribution in [2.45, 2.75) is 4.90 Å². The van der Waals surface area contributed by atoms with E-state index in [2.05, 4.69) is 15.9 Å². The smallest absolute Gasteiger partial charge is 0.242 e. The minimum Gasteiger partial charge on any atom is -0.490 e. The normalized spacial score (nSPS) is 11.4. The Hall–Kier alpha value is -1.90. The molecule has 0 unspecified atom stereocenters. The topological polar surface area (TPSA) is 72.9 Å². The van der Waals surface area contributed by atoms with Gasteiger partial charge in [-0.15, -0.1) is 0 Å². The van der Waals surface area contributed by atoms with Crippen molar-refractivity contribution in [2.24, 2.45) is 0 Å². The third-order valence-corrected chi connectivity index (χ3v) is 5.63. The number of carbonyl (C=O) groups excluding carboxylic acids is 1. The van der Waals surface area contributed by atoms with Gasteiger partial charge in [-0.3, -0.25) is 4.79 Å². The lowest BCUT2D eigenvalue weighted by atomic mass is 10.2. The number of rotatable bonds is 8. The van der Waals surface area contributed by atoms with Crippen molar-refractivity contribution in [3.8, 4) is 11.5 Å². The highest BCUT2D eigenvalue weighted by molar-refractivity contribution is 9.10. The summed E-state index contributed by atoms with van der Waals surface area (Å²) in [5.74, 6) is 1.02. The van der Waals surface area contributed by atoms with Gasteiger partial charge in [0.1, 0.15) is 24.7 Å². The minimum atomic E-state index is -3.45. The van der Waals surface area contributed by atoms with Crippen LogP contribution in [0.3, 0.4) is 0 Å². The van der Waals surface area contributed by atoms with Gasteiger partial charge in [0.05, 0.1) is 10.5 Å². The lowest BCUT2D eigenvalue weighted by molar-refractivity contribution is 0.111. The number of halogens is 1. The fraction of sp³-hybridized carbons (Fsp3) is 0.235. The Balaban J connectivity index is 1.90. The quantitative estimate of drug-likeness (QED) is 0.478. The van der Waals surface area contributed by atoms with Gasteiger partial charge in [-0.05, 0) is 42.5 Å². The molecule has 0 atom stereocenters. The van der Waals surface area contributed by atoms with Gasteiger partial charge in [-0.25, -0.2) is 12.7 Å². The highest BCUT2D eigenvalue weighted by Gasteiger charge is 2.16. The molecule has 0 amide bonds. The SMILES string of the molecule is CN(C)S(=O)(=O)c1ccc(OCCOc2ccc(Br)cc2C=O)cc1. The van der Waals surface area contributed by atoms with Gasteiger partial charge in [0.2, 0.25) is 10.0 Å². The van der Waals surface area contributed by atoms with Crippen LogP contribution in [-0.4, -0.2) is 46.3 Å². The highest BCUT2D eigenvalue weighted by atomic mass is 79.9. The first-order valence-electron chi connectivity index (χ1n) is 7.37. The molecule has 0 saturated heterocycles. The molecular formula is C17H18BrNO5S. The molecule has 6 nitrogen and oxygen atoms in total. The fourth-order valence-corrected chi connectivity index (χ4v) is 3.25. The van der Waals surface area contributed by atoms with Crippen LogP contribution in [0.15, 0.2) is 51.8 Å². The summed E-state index contributed by atoms with van der Waals surface area (Å²) in [5, 5.41) is 0. The molecule has 2 aromatic rings. The number of hydrogen-bond acceptors (Lipinski definition) is 5. The van der Waals surface area contributed by atoms with E-state index in [4.69, 9.17) is 9.47 Å². The van der Waals surface area contributed by atoms with E-state index in [0.29, 0.717) is 17.1 Å². The van der Waals surface area contributed by atoms with Crippen molar-refractivity contribution < 1.29 is 22.7 Å². The summed E-state index contributed by atoms with van der Waals surface area (Å²) in [7, 11) is -0.492. The summed E-state index contributed by atoms with van der Waals surface area (Å²) in [4.78, 5) is 11.2. The molecule has 0 saturated carbocycles. The van der Waals surface area contributed by atoms with Gasteiger partial charge in [-0.1, -0.05) is 15.9 Å². The lowest BCUT2D eigenvalue weighted by Crippen LogP contribution is -2.22. The molecule has 0 fully saturated rings. The van der Waals surface area contributed by atoms with Gasteiger partial charge in [0, 0.05) is 18.6 Å². The predicted octanol–water partition coefficient (Wildman–Crippen LogP) is 2.97. The van der Waals surface area contributed by atoms with E-state index in [1.807, 2.05) is 0 Å². The average Bonchev–Trinajstić information content (AvgIpc) is 2.59. The molecular weight excluding hydrogens is 410 g/mol. The Bertz CT molecular complexity index is 835. The third-order valence-electron chi connectivity index (χ3n) is 3.31. The number of hydrogen-bond donors (Lipinski definition) is 0. The molecule has 0 aliphatic heterocycles. The Kier molecular flexibility index (Phi) is 6.57. The first-order chi connectivity index (χ1) is 11.8. The maximum atomic E-state index is 12.0. The zero-order valence-electron chi connectivity index (χ0n) is 13.8. The van der Waals surface area contributed by atoms with E-state index < -0.39 is 10.0 Å². The molecule has 2 rings (SSSR count). The third kappa shape index (κ3) is 5.04. The molecule has 2 aromatic carbocycles. The molecule has 0 bridgehead atoms. The number of sulfonamides is 1. The number of benzene rings is 2. The molecule has 0 aliphatic carbocycles. The average molecular weight is 428 g/mol. The van der Waals surface area contributed by atoms with E-state index in [0.717, 1.165) is 15.1 Å². The van der Waals surface area contributed by atoms with E-state index in [9.17, 15) is 13.2 Å². The van der Waals surface area contributed by atoms with Crippen LogP contribution in [0.4, 0.5) is 0 Å². The van der Waals surface area contributed by atoms with Crippen LogP contribution in [0, 0.1) is 0 Å². The number of ether oxygens (including phenoxy) is 2. The molecule has 134 valence electrons. The van der Waals surface area contributed by atoms with E-state index in [1.165, 1.54) is 26.2 Å². The monoisotopic (exact) mass is 427 g/mol. The lowest BCUT2D eigenvalue weighted by Gasteiger charge is -2.12. The summed E-state index contributed by atoms with van der Waals surface area (Å²) < 4.78 is 37.0. The summed E-state index contributed by atoms with van der Waals surface area (Å²) in [5.41, 5.74) is 0.451. The van der Waals surface area contributed by atoms with Gasteiger partial charge < -0.3 is 9.47 Å². The molecule has 0 spiro atoms. The fourth-order valence-electron chi connectivity index (χ4n) is 1.97. The zero-order valence-corrected chi connectivity index (χ0v) is 16.2. The Morgan fingerprint density at radius 2 is 1.68 bits per heavy atom. The van der Waals surface area contributed by atoms with Crippen molar-refractivity contribution in [3.05, 3.63) is 52.5 Å². The second-order valence-corrected chi connectivity index (χ2v) is 8.32. The highest BCUT2D eigenvalue weighted by Crippen LogP contribution is 2.22. The summed E-state index contributed by atoms with van der Waals surface area (Å²) in [6.07, 6.45) is 0.727. The minimum absolute atomic E-state index is 0.201. The molecule has 0 N–H and O–H groups in total. The summed E-state index contributed by atoms with van der Waals surface area (Å²) >= 11 is 3.29. The largest absolute Gasteiger partial charge is 0.490 e. The maximum Gasteiger partial charge on any atom is 0.242 e. The number of carbonyl (C=O) groups is 1. The Morgan fingerprint density at radius 3 is 2.28 bits per heavy atom. The molecule has 0 radical (unpaired) electrons. The Labute approximate surface area is 155 Å². The standard InChI is InChI=1S/C17H18BrNO5S/c1-19(2)25(21,22)16-6-4-15(5-7-16)23-9-10-24-17-8-3-14(18)11-13(17)12-20/h3-8,11-12H,9-10H2,1-2H3. The van der Waals surface area contributed by atoms with E-state index in [-0.39, 0.29) is 18.1 Å². The first-order valence-corrected chi connectivity index (χ1v) is 9.61. The van der Waals surface area contributed by atoms with Crippen molar-refractivity contribution in [1.29, 1.82) is 0 Å². The van der Waals surface area contributed by atoms with Crippen LogP contribution in [0.2, 0.25) is 0 Å². The van der Waals surface area contributed by atoms with Gasteiger partial charge in [-0.2, -0.15) is 0 Å². The molecule has 25 heavy (non-hydrogen) atoms. The van der Waals surface area contributed by atoms with Crippen LogP contribution in [0.25, 0.3) is 0 Å².